The molecule has 0 aliphatic heterocycles. The fourth-order valence-electron chi connectivity index (χ4n) is 2.49. The first kappa shape index (κ1) is 16.2. The predicted octanol–water partition coefficient (Wildman–Crippen LogP) is 5.45. The highest BCUT2D eigenvalue weighted by Crippen LogP contribution is 2.27. The van der Waals surface area contributed by atoms with Crippen molar-refractivity contribution in [1.82, 2.24) is 0 Å². The van der Waals surface area contributed by atoms with Gasteiger partial charge in [-0.05, 0) is 30.0 Å². The molecule has 2 aromatic carbocycles. The Kier molecular flexibility index (Phi) is 5.71. The molecule has 3 aromatic rings. The molecule has 1 aromatic heterocycles. The first-order valence-corrected chi connectivity index (χ1v) is 8.12. The Morgan fingerprint density at radius 3 is 2.14 bits per heavy atom. The Bertz CT molecular complexity index is 742. The summed E-state index contributed by atoms with van der Waals surface area (Å²) in [5, 5.41) is 2.59. The quantitative estimate of drug-likeness (QED) is 0.553. The molecule has 114 valence electrons. The summed E-state index contributed by atoms with van der Waals surface area (Å²) in [5.74, 6) is 0. The summed E-state index contributed by atoms with van der Waals surface area (Å²) < 4.78 is 2.20. The third kappa shape index (κ3) is 3.54. The van der Waals surface area contributed by atoms with Gasteiger partial charge in [0, 0.05) is 11.6 Å². The number of hydrogen-bond acceptors (Lipinski definition) is 0. The van der Waals surface area contributed by atoms with Gasteiger partial charge in [-0.25, -0.2) is 4.57 Å². The average Bonchev–Trinajstić information content (AvgIpc) is 2.56. The van der Waals surface area contributed by atoms with Crippen LogP contribution in [-0.2, 0) is 7.05 Å². The molecule has 0 fully saturated rings. The van der Waals surface area contributed by atoms with Crippen LogP contribution in [0.15, 0.2) is 60.8 Å². The highest BCUT2D eigenvalue weighted by atomic mass is 14.9. The molecule has 1 heterocycles. The van der Waals surface area contributed by atoms with Gasteiger partial charge in [0.2, 0.25) is 5.69 Å². The van der Waals surface area contributed by atoms with Crippen molar-refractivity contribution in [3.63, 3.8) is 0 Å². The SMILES string of the molecule is CCCC.Cc1ccccc1-c1c2ccccc2cc[n+]1C. The number of pyridine rings is 1. The summed E-state index contributed by atoms with van der Waals surface area (Å²) in [4.78, 5) is 0. The molecule has 0 aliphatic carbocycles. The van der Waals surface area contributed by atoms with Crippen LogP contribution >= 0.6 is 0 Å². The Morgan fingerprint density at radius 1 is 0.818 bits per heavy atom. The second-order valence-electron chi connectivity index (χ2n) is 5.68. The van der Waals surface area contributed by atoms with E-state index in [1.807, 2.05) is 0 Å². The largest absolute Gasteiger partial charge is 0.220 e. The van der Waals surface area contributed by atoms with Crippen molar-refractivity contribution in [1.29, 1.82) is 0 Å². The topological polar surface area (TPSA) is 3.88 Å². The van der Waals surface area contributed by atoms with E-state index in [4.69, 9.17) is 0 Å². The van der Waals surface area contributed by atoms with Crippen LogP contribution in [0.2, 0.25) is 0 Å². The van der Waals surface area contributed by atoms with Crippen molar-refractivity contribution in [2.45, 2.75) is 33.6 Å². The Hall–Kier alpha value is -2.15. The highest BCUT2D eigenvalue weighted by molar-refractivity contribution is 5.93. The molecule has 0 saturated carbocycles. The normalized spacial score (nSPS) is 10.2. The fourth-order valence-corrected chi connectivity index (χ4v) is 2.49. The number of nitrogens with zero attached hydrogens (tertiary/aromatic N) is 1. The molecular formula is C21H26N+. The summed E-state index contributed by atoms with van der Waals surface area (Å²) in [6.45, 7) is 6.52. The third-order valence-corrected chi connectivity index (χ3v) is 3.95. The van der Waals surface area contributed by atoms with Gasteiger partial charge in [0.25, 0.3) is 0 Å². The van der Waals surface area contributed by atoms with Crippen LogP contribution in [0.3, 0.4) is 0 Å². The predicted molar refractivity (Wildman–Crippen MR) is 95.9 cm³/mol. The van der Waals surface area contributed by atoms with Gasteiger partial charge in [-0.15, -0.1) is 0 Å². The first-order valence-electron chi connectivity index (χ1n) is 8.12. The molecule has 1 heteroatoms. The van der Waals surface area contributed by atoms with Gasteiger partial charge < -0.3 is 0 Å². The van der Waals surface area contributed by atoms with E-state index in [9.17, 15) is 0 Å². The van der Waals surface area contributed by atoms with Crippen molar-refractivity contribution < 1.29 is 4.57 Å². The fraction of sp³-hybridized carbons (Fsp3) is 0.286. The molecule has 3 rings (SSSR count). The monoisotopic (exact) mass is 292 g/mol. The lowest BCUT2D eigenvalue weighted by atomic mass is 10.00. The van der Waals surface area contributed by atoms with Crippen LogP contribution in [0.4, 0.5) is 0 Å². The highest BCUT2D eigenvalue weighted by Gasteiger charge is 2.15. The molecule has 0 saturated heterocycles. The van der Waals surface area contributed by atoms with Crippen molar-refractivity contribution in [2.75, 3.05) is 0 Å². The Labute approximate surface area is 134 Å². The number of benzene rings is 2. The summed E-state index contributed by atoms with van der Waals surface area (Å²) in [6, 6.07) is 19.3. The van der Waals surface area contributed by atoms with Crippen LogP contribution < -0.4 is 4.57 Å². The van der Waals surface area contributed by atoms with Crippen molar-refractivity contribution in [3.05, 3.63) is 66.4 Å². The van der Waals surface area contributed by atoms with Gasteiger partial charge in [-0.2, -0.15) is 0 Å². The van der Waals surface area contributed by atoms with E-state index in [-0.39, 0.29) is 0 Å². The minimum absolute atomic E-state index is 1.28. The molecule has 0 spiro atoms. The molecule has 0 N–H and O–H groups in total. The van der Waals surface area contributed by atoms with Gasteiger partial charge in [0.15, 0.2) is 6.20 Å². The number of unbranched alkanes of at least 4 members (excludes halogenated alkanes) is 1. The Balaban J connectivity index is 0.000000396. The van der Waals surface area contributed by atoms with Crippen LogP contribution in [0.1, 0.15) is 32.3 Å². The van der Waals surface area contributed by atoms with E-state index in [2.05, 4.69) is 93.2 Å². The van der Waals surface area contributed by atoms with Crippen LogP contribution in [0, 0.1) is 6.92 Å². The van der Waals surface area contributed by atoms with Crippen molar-refractivity contribution in [3.8, 4) is 11.3 Å². The zero-order valence-corrected chi connectivity index (χ0v) is 14.1. The summed E-state index contributed by atoms with van der Waals surface area (Å²) in [7, 11) is 2.11. The van der Waals surface area contributed by atoms with Crippen molar-refractivity contribution in [2.24, 2.45) is 7.05 Å². The number of aromatic nitrogens is 1. The van der Waals surface area contributed by atoms with E-state index < -0.39 is 0 Å². The maximum Gasteiger partial charge on any atom is 0.220 e. The molecular weight excluding hydrogens is 266 g/mol. The number of hydrogen-bond donors (Lipinski definition) is 0. The Morgan fingerprint density at radius 2 is 1.45 bits per heavy atom. The molecule has 0 aliphatic rings. The number of fused-ring (bicyclic) bond motifs is 1. The van der Waals surface area contributed by atoms with Gasteiger partial charge in [0.05, 0.1) is 5.39 Å². The van der Waals surface area contributed by atoms with Gasteiger partial charge in [-0.1, -0.05) is 63.1 Å². The van der Waals surface area contributed by atoms with Crippen LogP contribution in [0.25, 0.3) is 22.0 Å². The van der Waals surface area contributed by atoms with E-state index in [0.717, 1.165) is 0 Å². The zero-order valence-electron chi connectivity index (χ0n) is 14.1. The van der Waals surface area contributed by atoms with Crippen LogP contribution in [-0.4, -0.2) is 0 Å². The van der Waals surface area contributed by atoms with E-state index in [1.165, 1.54) is 40.4 Å². The molecule has 0 amide bonds. The number of rotatable bonds is 2. The lowest BCUT2D eigenvalue weighted by Gasteiger charge is -2.07. The molecule has 0 bridgehead atoms. The first-order chi connectivity index (χ1) is 10.7. The second kappa shape index (κ2) is 7.74. The van der Waals surface area contributed by atoms with Gasteiger partial charge >= 0.3 is 0 Å². The molecule has 22 heavy (non-hydrogen) atoms. The molecule has 1 nitrogen and oxygen atoms in total. The summed E-state index contributed by atoms with van der Waals surface area (Å²) >= 11 is 0. The van der Waals surface area contributed by atoms with E-state index in [1.54, 1.807) is 0 Å². The van der Waals surface area contributed by atoms with Gasteiger partial charge in [-0.3, -0.25) is 0 Å². The maximum absolute atomic E-state index is 2.20. The standard InChI is InChI=1S/C17H16N.C4H10/c1-13-7-3-5-9-15(13)17-16-10-6-4-8-14(16)11-12-18(17)2;1-3-4-2/h3-12H,1-2H3;3-4H2,1-2H3/q+1;. The summed E-state index contributed by atoms with van der Waals surface area (Å²) in [6.07, 6.45) is 4.77. The van der Waals surface area contributed by atoms with Crippen LogP contribution in [0.5, 0.6) is 0 Å². The van der Waals surface area contributed by atoms with Crippen molar-refractivity contribution >= 4 is 10.8 Å². The molecule has 0 atom stereocenters. The minimum Gasteiger partial charge on any atom is -0.200 e. The molecule has 0 unspecified atom stereocenters. The molecule has 0 radical (unpaired) electrons. The maximum atomic E-state index is 2.20. The third-order valence-electron chi connectivity index (χ3n) is 3.95. The zero-order chi connectivity index (χ0) is 15.9. The number of aryl methyl sites for hydroxylation is 2. The van der Waals surface area contributed by atoms with E-state index in [0.29, 0.717) is 0 Å². The average molecular weight is 292 g/mol. The van der Waals surface area contributed by atoms with E-state index >= 15 is 0 Å². The second-order valence-corrected chi connectivity index (χ2v) is 5.68. The lowest BCUT2D eigenvalue weighted by Crippen LogP contribution is -2.30. The minimum atomic E-state index is 1.28. The smallest absolute Gasteiger partial charge is 0.200 e. The summed E-state index contributed by atoms with van der Waals surface area (Å²) in [5.41, 5.74) is 3.90. The van der Waals surface area contributed by atoms with Gasteiger partial charge in [0.1, 0.15) is 7.05 Å². The lowest BCUT2D eigenvalue weighted by molar-refractivity contribution is -0.659.